The monoisotopic (exact) mass is 408 g/mol. The number of aromatic amines is 1. The van der Waals surface area contributed by atoms with Crippen LogP contribution in [-0.2, 0) is 7.05 Å². The zero-order chi connectivity index (χ0) is 21.4. The first-order valence-electron chi connectivity index (χ1n) is 10.0. The number of benzene rings is 3. The number of rotatable bonds is 4. The first-order valence-corrected chi connectivity index (χ1v) is 10.0. The van der Waals surface area contributed by atoms with Gasteiger partial charge in [0.05, 0.1) is 11.0 Å². The standard InChI is InChI=1S/C25H20N4O2/c1-29-21-14-8-7-13-20(21)26-23(29)22(16-9-3-2-4-10-16)28-25(31)18-15-17-11-5-6-12-19(17)27-24(18)30/h2-15,22H,1H3,(H,27,30)(H,28,31). The molecule has 0 bridgehead atoms. The molecule has 152 valence electrons. The van der Waals surface area contributed by atoms with E-state index in [9.17, 15) is 9.59 Å². The summed E-state index contributed by atoms with van der Waals surface area (Å²) < 4.78 is 1.97. The van der Waals surface area contributed by atoms with E-state index in [1.54, 1.807) is 6.07 Å². The number of amides is 1. The molecule has 0 saturated carbocycles. The Labute approximate surface area is 178 Å². The van der Waals surface area contributed by atoms with Gasteiger partial charge in [-0.05, 0) is 35.2 Å². The summed E-state index contributed by atoms with van der Waals surface area (Å²) in [5, 5.41) is 3.83. The molecular formula is C25H20N4O2. The number of carbonyl (C=O) groups is 1. The van der Waals surface area contributed by atoms with E-state index in [2.05, 4.69) is 10.3 Å². The molecule has 6 heteroatoms. The minimum Gasteiger partial charge on any atom is -0.338 e. The molecule has 0 aliphatic heterocycles. The maximum Gasteiger partial charge on any atom is 0.261 e. The summed E-state index contributed by atoms with van der Waals surface area (Å²) in [6.07, 6.45) is 0. The number of fused-ring (bicyclic) bond motifs is 2. The number of carbonyl (C=O) groups excluding carboxylic acids is 1. The number of hydrogen-bond acceptors (Lipinski definition) is 3. The molecule has 3 aromatic carbocycles. The summed E-state index contributed by atoms with van der Waals surface area (Å²) in [7, 11) is 1.93. The predicted octanol–water partition coefficient (Wildman–Crippen LogP) is 3.93. The Morgan fingerprint density at radius 3 is 2.48 bits per heavy atom. The Morgan fingerprint density at radius 2 is 1.68 bits per heavy atom. The van der Waals surface area contributed by atoms with Crippen LogP contribution < -0.4 is 10.9 Å². The second-order valence-electron chi connectivity index (χ2n) is 7.43. The molecule has 31 heavy (non-hydrogen) atoms. The van der Waals surface area contributed by atoms with Crippen LogP contribution in [0.15, 0.2) is 89.7 Å². The van der Waals surface area contributed by atoms with Crippen molar-refractivity contribution in [3.63, 3.8) is 0 Å². The second kappa shape index (κ2) is 7.57. The molecule has 2 heterocycles. The zero-order valence-electron chi connectivity index (χ0n) is 16.9. The molecule has 0 spiro atoms. The zero-order valence-corrected chi connectivity index (χ0v) is 16.9. The molecule has 5 aromatic rings. The van der Waals surface area contributed by atoms with Gasteiger partial charge in [0, 0.05) is 12.6 Å². The first-order chi connectivity index (χ1) is 15.1. The molecule has 0 aliphatic carbocycles. The van der Waals surface area contributed by atoms with Crippen LogP contribution in [0.5, 0.6) is 0 Å². The smallest absolute Gasteiger partial charge is 0.261 e. The van der Waals surface area contributed by atoms with E-state index in [1.807, 2.05) is 90.5 Å². The molecule has 2 N–H and O–H groups in total. The van der Waals surface area contributed by atoms with Crippen molar-refractivity contribution in [2.24, 2.45) is 7.05 Å². The van der Waals surface area contributed by atoms with E-state index < -0.39 is 17.5 Å². The van der Waals surface area contributed by atoms with Gasteiger partial charge < -0.3 is 14.9 Å². The van der Waals surface area contributed by atoms with Crippen molar-refractivity contribution in [3.8, 4) is 0 Å². The number of H-pyrrole nitrogens is 1. The molecule has 5 rings (SSSR count). The Bertz CT molecular complexity index is 1470. The van der Waals surface area contributed by atoms with Crippen LogP contribution in [0, 0.1) is 0 Å². The van der Waals surface area contributed by atoms with Gasteiger partial charge in [0.25, 0.3) is 11.5 Å². The highest BCUT2D eigenvalue weighted by atomic mass is 16.2. The SMILES string of the molecule is Cn1c(C(NC(=O)c2cc3ccccc3[nH]c2=O)c2ccccc2)nc2ccccc21. The predicted molar refractivity (Wildman–Crippen MR) is 121 cm³/mol. The number of nitrogens with zero attached hydrogens (tertiary/aromatic N) is 2. The Balaban J connectivity index is 1.60. The van der Waals surface area contributed by atoms with Gasteiger partial charge in [-0.1, -0.05) is 60.7 Å². The minimum absolute atomic E-state index is 0.0680. The largest absolute Gasteiger partial charge is 0.338 e. The van der Waals surface area contributed by atoms with Crippen molar-refractivity contribution >= 4 is 27.8 Å². The summed E-state index contributed by atoms with van der Waals surface area (Å²) in [4.78, 5) is 33.4. The van der Waals surface area contributed by atoms with Gasteiger partial charge in [-0.2, -0.15) is 0 Å². The fraction of sp³-hybridized carbons (Fsp3) is 0.0800. The molecule has 0 radical (unpaired) electrons. The van der Waals surface area contributed by atoms with Crippen LogP contribution in [0.4, 0.5) is 0 Å². The Morgan fingerprint density at radius 1 is 0.968 bits per heavy atom. The Kier molecular flexibility index (Phi) is 4.59. The van der Waals surface area contributed by atoms with Crippen LogP contribution in [-0.4, -0.2) is 20.4 Å². The molecule has 0 fully saturated rings. The van der Waals surface area contributed by atoms with E-state index >= 15 is 0 Å². The van der Waals surface area contributed by atoms with Crippen molar-refractivity contribution < 1.29 is 4.79 Å². The summed E-state index contributed by atoms with van der Waals surface area (Å²) in [5.74, 6) is 0.242. The highest BCUT2D eigenvalue weighted by Gasteiger charge is 2.24. The maximum absolute atomic E-state index is 13.2. The average Bonchev–Trinajstić information content (AvgIpc) is 3.14. The molecule has 1 atom stereocenters. The lowest BCUT2D eigenvalue weighted by Crippen LogP contribution is -2.34. The highest BCUT2D eigenvalue weighted by molar-refractivity contribution is 5.97. The third kappa shape index (κ3) is 3.38. The van der Waals surface area contributed by atoms with Crippen molar-refractivity contribution in [1.82, 2.24) is 19.9 Å². The van der Waals surface area contributed by atoms with E-state index in [0.717, 1.165) is 22.0 Å². The number of hydrogen-bond donors (Lipinski definition) is 2. The number of aryl methyl sites for hydroxylation is 1. The van der Waals surface area contributed by atoms with Crippen molar-refractivity contribution in [1.29, 1.82) is 0 Å². The molecule has 2 aromatic heterocycles. The van der Waals surface area contributed by atoms with Gasteiger partial charge in [0.15, 0.2) is 0 Å². The van der Waals surface area contributed by atoms with Crippen molar-refractivity contribution in [2.45, 2.75) is 6.04 Å². The summed E-state index contributed by atoms with van der Waals surface area (Å²) in [5.41, 5.74) is 3.03. The van der Waals surface area contributed by atoms with Crippen molar-refractivity contribution in [2.75, 3.05) is 0 Å². The lowest BCUT2D eigenvalue weighted by atomic mass is 10.1. The number of para-hydroxylation sites is 3. The molecule has 0 aliphatic rings. The van der Waals surface area contributed by atoms with Crippen LogP contribution in [0.1, 0.15) is 27.8 Å². The number of pyridine rings is 1. The fourth-order valence-corrected chi connectivity index (χ4v) is 3.89. The van der Waals surface area contributed by atoms with Crippen molar-refractivity contribution in [3.05, 3.63) is 112 Å². The normalized spacial score (nSPS) is 12.2. The van der Waals surface area contributed by atoms with Gasteiger partial charge in [-0.3, -0.25) is 9.59 Å². The lowest BCUT2D eigenvalue weighted by Gasteiger charge is -2.19. The van der Waals surface area contributed by atoms with Gasteiger partial charge in [0.1, 0.15) is 17.4 Å². The third-order valence-electron chi connectivity index (χ3n) is 5.49. The maximum atomic E-state index is 13.2. The summed E-state index contributed by atoms with van der Waals surface area (Å²) in [6, 6.07) is 26.0. The summed E-state index contributed by atoms with van der Waals surface area (Å²) >= 11 is 0. The molecule has 1 unspecified atom stereocenters. The van der Waals surface area contributed by atoms with Gasteiger partial charge in [-0.25, -0.2) is 4.98 Å². The van der Waals surface area contributed by atoms with Crippen LogP contribution in [0.2, 0.25) is 0 Å². The summed E-state index contributed by atoms with van der Waals surface area (Å²) in [6.45, 7) is 0. The second-order valence-corrected chi connectivity index (χ2v) is 7.43. The molecule has 1 amide bonds. The van der Waals surface area contributed by atoms with E-state index in [-0.39, 0.29) is 5.56 Å². The fourth-order valence-electron chi connectivity index (χ4n) is 3.89. The number of imidazole rings is 1. The average molecular weight is 408 g/mol. The van der Waals surface area contributed by atoms with E-state index in [1.165, 1.54) is 0 Å². The van der Waals surface area contributed by atoms with E-state index in [4.69, 9.17) is 4.98 Å². The highest BCUT2D eigenvalue weighted by Crippen LogP contribution is 2.25. The molecule has 6 nitrogen and oxygen atoms in total. The third-order valence-corrected chi connectivity index (χ3v) is 5.49. The lowest BCUT2D eigenvalue weighted by molar-refractivity contribution is 0.0940. The number of nitrogens with one attached hydrogen (secondary N) is 2. The van der Waals surface area contributed by atoms with Crippen LogP contribution in [0.3, 0.4) is 0 Å². The van der Waals surface area contributed by atoms with Gasteiger partial charge in [-0.15, -0.1) is 0 Å². The van der Waals surface area contributed by atoms with Gasteiger partial charge in [0.2, 0.25) is 0 Å². The number of aromatic nitrogens is 3. The molecular weight excluding hydrogens is 388 g/mol. The van der Waals surface area contributed by atoms with Gasteiger partial charge >= 0.3 is 0 Å². The topological polar surface area (TPSA) is 79.8 Å². The first kappa shape index (κ1) is 18.8. The van der Waals surface area contributed by atoms with E-state index in [0.29, 0.717) is 11.3 Å². The minimum atomic E-state index is -0.517. The van der Waals surface area contributed by atoms with Crippen LogP contribution in [0.25, 0.3) is 21.9 Å². The molecule has 0 saturated heterocycles. The quantitative estimate of drug-likeness (QED) is 0.473. The Hall–Kier alpha value is -4.19. The van der Waals surface area contributed by atoms with Crippen LogP contribution >= 0.6 is 0 Å².